The molecule has 4 aromatic rings. The molecule has 39 heavy (non-hydrogen) atoms. The van der Waals surface area contributed by atoms with Gasteiger partial charge in [0.15, 0.2) is 11.4 Å². The van der Waals surface area contributed by atoms with Gasteiger partial charge in [-0.3, -0.25) is 4.79 Å². The first-order chi connectivity index (χ1) is 18.8. The molecule has 0 aliphatic carbocycles. The Labute approximate surface area is 225 Å². The lowest BCUT2D eigenvalue weighted by molar-refractivity contribution is 0.0823. The van der Waals surface area contributed by atoms with Crippen molar-refractivity contribution in [2.24, 2.45) is 0 Å². The first-order valence-electron chi connectivity index (χ1n) is 12.7. The minimum atomic E-state index is -1.12. The average molecular weight is 536 g/mol. The summed E-state index contributed by atoms with van der Waals surface area (Å²) in [5.74, 6) is -2.01. The molecule has 4 rings (SSSR count). The predicted octanol–water partition coefficient (Wildman–Crippen LogP) is 4.28. The van der Waals surface area contributed by atoms with Crippen molar-refractivity contribution >= 4 is 16.7 Å². The Kier molecular flexibility index (Phi) is 9.06. The highest BCUT2D eigenvalue weighted by molar-refractivity contribution is 6.01. The molecule has 0 radical (unpaired) electrons. The fourth-order valence-corrected chi connectivity index (χ4v) is 4.45. The van der Waals surface area contributed by atoms with E-state index in [1.165, 1.54) is 18.9 Å². The Morgan fingerprint density at radius 1 is 1.03 bits per heavy atom. The maximum absolute atomic E-state index is 13.9. The zero-order valence-corrected chi connectivity index (χ0v) is 21.7. The van der Waals surface area contributed by atoms with E-state index in [2.05, 4.69) is 28.6 Å². The minimum absolute atomic E-state index is 0.0554. The van der Waals surface area contributed by atoms with Gasteiger partial charge in [-0.05, 0) is 59.9 Å². The number of ether oxygens (including phenoxy) is 1. The van der Waals surface area contributed by atoms with Gasteiger partial charge in [-0.2, -0.15) is 0 Å². The third-order valence-corrected chi connectivity index (χ3v) is 6.53. The highest BCUT2D eigenvalue weighted by Gasteiger charge is 2.25. The van der Waals surface area contributed by atoms with Crippen molar-refractivity contribution < 1.29 is 28.5 Å². The molecule has 0 aliphatic heterocycles. The SMILES string of the molecule is CCc1cccc(CNC[C@@H](O)[C@H](Cc2cc(F)cc(F)c2)NC(=O)c2ncc3cc(OC)ccc3c2O)c1. The molecular weight excluding hydrogens is 504 g/mol. The van der Waals surface area contributed by atoms with Gasteiger partial charge in [0.25, 0.3) is 5.91 Å². The molecule has 0 aliphatic rings. The molecule has 9 heteroatoms. The third kappa shape index (κ3) is 7.07. The van der Waals surface area contributed by atoms with E-state index in [1.807, 2.05) is 18.2 Å². The fourth-order valence-electron chi connectivity index (χ4n) is 4.45. The number of methoxy groups -OCH3 is 1. The average Bonchev–Trinajstić information content (AvgIpc) is 2.92. The van der Waals surface area contributed by atoms with Crippen LogP contribution in [-0.2, 0) is 19.4 Å². The van der Waals surface area contributed by atoms with Crippen LogP contribution in [0.3, 0.4) is 0 Å². The summed E-state index contributed by atoms with van der Waals surface area (Å²) >= 11 is 0. The topological polar surface area (TPSA) is 104 Å². The summed E-state index contributed by atoms with van der Waals surface area (Å²) in [6.07, 6.45) is 1.16. The van der Waals surface area contributed by atoms with Crippen molar-refractivity contribution in [2.45, 2.75) is 38.5 Å². The zero-order valence-electron chi connectivity index (χ0n) is 21.7. The molecule has 204 valence electrons. The monoisotopic (exact) mass is 535 g/mol. The summed E-state index contributed by atoms with van der Waals surface area (Å²) in [6, 6.07) is 15.1. The molecule has 0 spiro atoms. The predicted molar refractivity (Wildman–Crippen MR) is 145 cm³/mol. The molecular formula is C30H31F2N3O4. The molecule has 0 saturated heterocycles. The lowest BCUT2D eigenvalue weighted by Gasteiger charge is -2.25. The van der Waals surface area contributed by atoms with Gasteiger partial charge in [-0.1, -0.05) is 31.2 Å². The van der Waals surface area contributed by atoms with Gasteiger partial charge in [0, 0.05) is 36.1 Å². The molecule has 1 amide bonds. The molecule has 4 N–H and O–H groups in total. The number of nitrogens with one attached hydrogen (secondary N) is 2. The molecule has 1 aromatic heterocycles. The van der Waals surface area contributed by atoms with Crippen LogP contribution < -0.4 is 15.4 Å². The minimum Gasteiger partial charge on any atom is -0.505 e. The molecule has 7 nitrogen and oxygen atoms in total. The van der Waals surface area contributed by atoms with Crippen LogP contribution in [0.4, 0.5) is 8.78 Å². The number of halogens is 2. The lowest BCUT2D eigenvalue weighted by Crippen LogP contribution is -2.48. The molecule has 1 heterocycles. The maximum atomic E-state index is 13.9. The van der Waals surface area contributed by atoms with E-state index in [4.69, 9.17) is 4.74 Å². The van der Waals surface area contributed by atoms with Gasteiger partial charge in [0.2, 0.25) is 0 Å². The van der Waals surface area contributed by atoms with Crippen LogP contribution in [0.5, 0.6) is 11.5 Å². The molecule has 0 fully saturated rings. The molecule has 3 aromatic carbocycles. The van der Waals surface area contributed by atoms with Gasteiger partial charge in [-0.25, -0.2) is 13.8 Å². The number of rotatable bonds is 11. The van der Waals surface area contributed by atoms with E-state index >= 15 is 0 Å². The van der Waals surface area contributed by atoms with E-state index in [1.54, 1.807) is 18.2 Å². The number of aliphatic hydroxyl groups is 1. The number of aromatic hydroxyl groups is 1. The van der Waals surface area contributed by atoms with Crippen LogP contribution in [0, 0.1) is 11.6 Å². The second-order valence-electron chi connectivity index (χ2n) is 9.34. The number of aliphatic hydroxyl groups excluding tert-OH is 1. The zero-order chi connectivity index (χ0) is 27.9. The number of hydrogen-bond acceptors (Lipinski definition) is 6. The number of carbonyl (C=O) groups excluding carboxylic acids is 1. The highest BCUT2D eigenvalue weighted by Crippen LogP contribution is 2.30. The number of aryl methyl sites for hydroxylation is 1. The lowest BCUT2D eigenvalue weighted by atomic mass is 10.00. The van der Waals surface area contributed by atoms with Gasteiger partial charge in [0.05, 0.1) is 19.3 Å². The van der Waals surface area contributed by atoms with Crippen molar-refractivity contribution in [3.63, 3.8) is 0 Å². The van der Waals surface area contributed by atoms with Crippen LogP contribution in [0.25, 0.3) is 10.8 Å². The Balaban J connectivity index is 1.53. The standard InChI is InChI=1S/C30H31F2N3O4/c1-3-18-5-4-6-19(9-18)15-33-17-27(36)26(12-20-10-22(31)14-23(32)11-20)35-30(38)28-29(37)25-8-7-24(39-2)13-21(25)16-34-28/h4-11,13-14,16,26-27,33,36-37H,3,12,15,17H2,1-2H3,(H,35,38)/t26-,27+/m0/s1. The smallest absolute Gasteiger partial charge is 0.274 e. The van der Waals surface area contributed by atoms with E-state index in [-0.39, 0.29) is 30.0 Å². The summed E-state index contributed by atoms with van der Waals surface area (Å²) in [5, 5.41) is 28.6. The second-order valence-corrected chi connectivity index (χ2v) is 9.34. The number of fused-ring (bicyclic) bond motifs is 1. The normalized spacial score (nSPS) is 12.7. The largest absolute Gasteiger partial charge is 0.505 e. The Hall–Kier alpha value is -4.08. The number of aromatic nitrogens is 1. The number of benzene rings is 3. The van der Waals surface area contributed by atoms with E-state index < -0.39 is 29.7 Å². The van der Waals surface area contributed by atoms with Crippen LogP contribution in [0.1, 0.15) is 34.1 Å². The summed E-state index contributed by atoms with van der Waals surface area (Å²) < 4.78 is 32.9. The molecule has 0 saturated carbocycles. The fraction of sp³-hybridized carbons (Fsp3) is 0.267. The summed E-state index contributed by atoms with van der Waals surface area (Å²) in [4.78, 5) is 17.3. The van der Waals surface area contributed by atoms with Crippen LogP contribution in [0.2, 0.25) is 0 Å². The molecule has 2 atom stereocenters. The molecule has 0 unspecified atom stereocenters. The number of nitrogens with zero attached hydrogens (tertiary/aromatic N) is 1. The summed E-state index contributed by atoms with van der Waals surface area (Å²) in [5.41, 5.74) is 2.25. The van der Waals surface area contributed by atoms with Crippen molar-refractivity contribution in [1.29, 1.82) is 0 Å². The second kappa shape index (κ2) is 12.6. The van der Waals surface area contributed by atoms with E-state index in [0.29, 0.717) is 23.1 Å². The highest BCUT2D eigenvalue weighted by atomic mass is 19.1. The Bertz CT molecular complexity index is 1440. The van der Waals surface area contributed by atoms with Gasteiger partial charge in [0.1, 0.15) is 17.4 Å². The molecule has 0 bridgehead atoms. The van der Waals surface area contributed by atoms with Crippen LogP contribution in [0.15, 0.2) is 66.9 Å². The van der Waals surface area contributed by atoms with Crippen molar-refractivity contribution in [3.05, 3.63) is 101 Å². The quantitative estimate of drug-likeness (QED) is 0.229. The van der Waals surface area contributed by atoms with Crippen molar-refractivity contribution in [1.82, 2.24) is 15.6 Å². The number of hydrogen-bond donors (Lipinski definition) is 4. The third-order valence-electron chi connectivity index (χ3n) is 6.53. The number of pyridine rings is 1. The van der Waals surface area contributed by atoms with E-state index in [9.17, 15) is 23.8 Å². The van der Waals surface area contributed by atoms with Crippen LogP contribution >= 0.6 is 0 Å². The van der Waals surface area contributed by atoms with Crippen molar-refractivity contribution in [2.75, 3.05) is 13.7 Å². The van der Waals surface area contributed by atoms with E-state index in [0.717, 1.165) is 30.2 Å². The Morgan fingerprint density at radius 3 is 2.49 bits per heavy atom. The van der Waals surface area contributed by atoms with Crippen molar-refractivity contribution in [3.8, 4) is 11.5 Å². The first-order valence-corrected chi connectivity index (χ1v) is 12.7. The maximum Gasteiger partial charge on any atom is 0.274 e. The van der Waals surface area contributed by atoms with Gasteiger partial charge < -0.3 is 25.6 Å². The number of amides is 1. The first kappa shape index (κ1) is 27.9. The summed E-state index contributed by atoms with van der Waals surface area (Å²) in [6.45, 7) is 2.64. The summed E-state index contributed by atoms with van der Waals surface area (Å²) in [7, 11) is 1.52. The number of carbonyl (C=O) groups is 1. The Morgan fingerprint density at radius 2 is 1.77 bits per heavy atom. The van der Waals surface area contributed by atoms with Crippen LogP contribution in [-0.4, -0.2) is 46.9 Å². The van der Waals surface area contributed by atoms with Gasteiger partial charge in [-0.15, -0.1) is 0 Å². The van der Waals surface area contributed by atoms with Gasteiger partial charge >= 0.3 is 0 Å².